The average Bonchev–Trinajstić information content (AvgIpc) is 2.67. The van der Waals surface area contributed by atoms with Gasteiger partial charge in [0.25, 0.3) is 0 Å². The number of anilines is 2. The highest BCUT2D eigenvalue weighted by molar-refractivity contribution is 6.31. The third-order valence-electron chi connectivity index (χ3n) is 4.32. The maximum Gasteiger partial charge on any atom is 0.417 e. The van der Waals surface area contributed by atoms with Crippen molar-refractivity contribution in [2.24, 2.45) is 0 Å². The number of rotatable bonds is 4. The number of pyridine rings is 1. The van der Waals surface area contributed by atoms with E-state index in [1.807, 2.05) is 18.2 Å². The van der Waals surface area contributed by atoms with E-state index >= 15 is 0 Å². The Morgan fingerprint density at radius 3 is 2.52 bits per heavy atom. The monoisotopic (exact) mass is 398 g/mol. The van der Waals surface area contributed by atoms with Crippen LogP contribution < -0.4 is 10.2 Å². The number of nitrogens with one attached hydrogen (secondary N) is 1. The lowest BCUT2D eigenvalue weighted by molar-refractivity contribution is -0.137. The molecule has 27 heavy (non-hydrogen) atoms. The number of carbonyl (C=O) groups excluding carboxylic acids is 1. The number of piperazine rings is 1. The van der Waals surface area contributed by atoms with Gasteiger partial charge in [0.05, 0.1) is 17.1 Å². The van der Waals surface area contributed by atoms with Crippen LogP contribution in [0, 0.1) is 0 Å². The first-order valence-electron chi connectivity index (χ1n) is 8.39. The van der Waals surface area contributed by atoms with Gasteiger partial charge in [-0.1, -0.05) is 17.7 Å². The van der Waals surface area contributed by atoms with Crippen LogP contribution >= 0.6 is 11.6 Å². The number of amides is 1. The standard InChI is InChI=1S/C18H18ClF3N4O/c19-15-5-4-13(11-14(15)18(20,21)22)24-12-17(27)26-9-7-25(8-10-26)16-3-1-2-6-23-16/h1-6,11,24H,7-10,12H2. The van der Waals surface area contributed by atoms with Gasteiger partial charge in [-0.15, -0.1) is 0 Å². The Labute approximate surface area is 159 Å². The fourth-order valence-electron chi connectivity index (χ4n) is 2.87. The van der Waals surface area contributed by atoms with Gasteiger partial charge in [0.15, 0.2) is 0 Å². The van der Waals surface area contributed by atoms with Crippen LogP contribution in [0.1, 0.15) is 5.56 Å². The number of halogens is 4. The zero-order chi connectivity index (χ0) is 19.4. The summed E-state index contributed by atoms with van der Waals surface area (Å²) in [6, 6.07) is 9.17. The van der Waals surface area contributed by atoms with Crippen molar-refractivity contribution in [3.8, 4) is 0 Å². The molecule has 1 aromatic carbocycles. The van der Waals surface area contributed by atoms with E-state index in [1.54, 1.807) is 11.1 Å². The van der Waals surface area contributed by atoms with Crippen molar-refractivity contribution >= 4 is 29.0 Å². The number of aromatic nitrogens is 1. The van der Waals surface area contributed by atoms with Crippen molar-refractivity contribution in [1.29, 1.82) is 0 Å². The first-order valence-corrected chi connectivity index (χ1v) is 8.77. The average molecular weight is 399 g/mol. The Morgan fingerprint density at radius 2 is 1.89 bits per heavy atom. The second-order valence-corrected chi connectivity index (χ2v) is 6.51. The second-order valence-electron chi connectivity index (χ2n) is 6.10. The molecule has 1 aliphatic heterocycles. The first kappa shape index (κ1) is 19.3. The van der Waals surface area contributed by atoms with Gasteiger partial charge in [-0.2, -0.15) is 13.2 Å². The van der Waals surface area contributed by atoms with Gasteiger partial charge in [-0.25, -0.2) is 4.98 Å². The molecule has 2 aromatic rings. The minimum atomic E-state index is -4.54. The van der Waals surface area contributed by atoms with Crippen molar-refractivity contribution in [3.63, 3.8) is 0 Å². The number of nitrogens with zero attached hydrogens (tertiary/aromatic N) is 3. The topological polar surface area (TPSA) is 48.5 Å². The van der Waals surface area contributed by atoms with Gasteiger partial charge in [0, 0.05) is 38.1 Å². The van der Waals surface area contributed by atoms with E-state index in [0.717, 1.165) is 11.9 Å². The van der Waals surface area contributed by atoms with Crippen molar-refractivity contribution in [2.45, 2.75) is 6.18 Å². The van der Waals surface area contributed by atoms with E-state index in [1.165, 1.54) is 12.1 Å². The summed E-state index contributed by atoms with van der Waals surface area (Å²) in [4.78, 5) is 20.4. The third-order valence-corrected chi connectivity index (χ3v) is 4.65. The zero-order valence-corrected chi connectivity index (χ0v) is 15.1. The first-order chi connectivity index (χ1) is 12.8. The van der Waals surface area contributed by atoms with Crippen LogP contribution in [0.5, 0.6) is 0 Å². The molecule has 0 aliphatic carbocycles. The van der Waals surface area contributed by atoms with Crippen LogP contribution in [0.25, 0.3) is 0 Å². The molecule has 0 bridgehead atoms. The Kier molecular flexibility index (Phi) is 5.74. The highest BCUT2D eigenvalue weighted by Crippen LogP contribution is 2.36. The van der Waals surface area contributed by atoms with Crippen molar-refractivity contribution < 1.29 is 18.0 Å². The molecule has 3 rings (SSSR count). The van der Waals surface area contributed by atoms with Crippen LogP contribution in [0.15, 0.2) is 42.6 Å². The molecule has 1 N–H and O–H groups in total. The van der Waals surface area contributed by atoms with E-state index in [0.29, 0.717) is 26.2 Å². The lowest BCUT2D eigenvalue weighted by atomic mass is 10.2. The summed E-state index contributed by atoms with van der Waals surface area (Å²) in [5.74, 6) is 0.697. The van der Waals surface area contributed by atoms with E-state index in [-0.39, 0.29) is 23.2 Å². The highest BCUT2D eigenvalue weighted by atomic mass is 35.5. The lowest BCUT2D eigenvalue weighted by Crippen LogP contribution is -2.50. The quantitative estimate of drug-likeness (QED) is 0.856. The summed E-state index contributed by atoms with van der Waals surface area (Å²) in [5.41, 5.74) is -0.724. The summed E-state index contributed by atoms with van der Waals surface area (Å²) < 4.78 is 38.7. The molecule has 0 saturated carbocycles. The van der Waals surface area contributed by atoms with Gasteiger partial charge in [0.1, 0.15) is 5.82 Å². The van der Waals surface area contributed by atoms with Crippen LogP contribution in [0.2, 0.25) is 5.02 Å². The molecule has 0 unspecified atom stereocenters. The van der Waals surface area contributed by atoms with E-state index in [9.17, 15) is 18.0 Å². The second kappa shape index (κ2) is 8.04. The number of benzene rings is 1. The zero-order valence-electron chi connectivity index (χ0n) is 14.3. The number of alkyl halides is 3. The smallest absolute Gasteiger partial charge is 0.376 e. The third kappa shape index (κ3) is 4.82. The Hall–Kier alpha value is -2.48. The number of hydrogen-bond donors (Lipinski definition) is 1. The summed E-state index contributed by atoms with van der Waals surface area (Å²) in [6.45, 7) is 2.30. The number of carbonyl (C=O) groups is 1. The summed E-state index contributed by atoms with van der Waals surface area (Å²) in [7, 11) is 0. The molecule has 0 spiro atoms. The van der Waals surface area contributed by atoms with Crippen LogP contribution in [-0.2, 0) is 11.0 Å². The Bertz CT molecular complexity index is 793. The summed E-state index contributed by atoms with van der Waals surface area (Å²) >= 11 is 5.60. The SMILES string of the molecule is O=C(CNc1ccc(Cl)c(C(F)(F)F)c1)N1CCN(c2ccccn2)CC1. The predicted molar refractivity (Wildman–Crippen MR) is 98.0 cm³/mol. The maximum atomic E-state index is 12.9. The fourth-order valence-corrected chi connectivity index (χ4v) is 3.09. The van der Waals surface area contributed by atoms with Crippen molar-refractivity contribution in [1.82, 2.24) is 9.88 Å². The molecule has 9 heteroatoms. The van der Waals surface area contributed by atoms with Crippen molar-refractivity contribution in [3.05, 3.63) is 53.2 Å². The van der Waals surface area contributed by atoms with Crippen LogP contribution in [-0.4, -0.2) is 48.5 Å². The van der Waals surface area contributed by atoms with E-state index < -0.39 is 11.7 Å². The molecule has 1 aliphatic rings. The fraction of sp³-hybridized carbons (Fsp3) is 0.333. The minimum absolute atomic E-state index is 0.0808. The van der Waals surface area contributed by atoms with Gasteiger partial charge in [-0.05, 0) is 30.3 Å². The lowest BCUT2D eigenvalue weighted by Gasteiger charge is -2.35. The molecule has 144 valence electrons. The molecule has 5 nitrogen and oxygen atoms in total. The van der Waals surface area contributed by atoms with Crippen LogP contribution in [0.3, 0.4) is 0 Å². The molecule has 1 amide bonds. The van der Waals surface area contributed by atoms with E-state index in [2.05, 4.69) is 15.2 Å². The highest BCUT2D eigenvalue weighted by Gasteiger charge is 2.33. The molecular formula is C18H18ClF3N4O. The van der Waals surface area contributed by atoms with E-state index in [4.69, 9.17) is 11.6 Å². The molecule has 1 saturated heterocycles. The summed E-state index contributed by atoms with van der Waals surface area (Å²) in [6.07, 6.45) is -2.82. The minimum Gasteiger partial charge on any atom is -0.376 e. The van der Waals surface area contributed by atoms with Gasteiger partial charge in [0.2, 0.25) is 5.91 Å². The van der Waals surface area contributed by atoms with Crippen LogP contribution in [0.4, 0.5) is 24.7 Å². The Morgan fingerprint density at radius 1 is 1.15 bits per heavy atom. The predicted octanol–water partition coefficient (Wildman–Crippen LogP) is 3.51. The van der Waals surface area contributed by atoms with Gasteiger partial charge < -0.3 is 15.1 Å². The van der Waals surface area contributed by atoms with Gasteiger partial charge in [-0.3, -0.25) is 4.79 Å². The molecule has 1 fully saturated rings. The Balaban J connectivity index is 1.53. The molecular weight excluding hydrogens is 381 g/mol. The van der Waals surface area contributed by atoms with Crippen molar-refractivity contribution in [2.75, 3.05) is 42.9 Å². The number of hydrogen-bond acceptors (Lipinski definition) is 4. The molecule has 1 aromatic heterocycles. The molecule has 0 atom stereocenters. The molecule has 0 radical (unpaired) electrons. The molecule has 2 heterocycles. The van der Waals surface area contributed by atoms with Gasteiger partial charge >= 0.3 is 6.18 Å². The summed E-state index contributed by atoms with van der Waals surface area (Å²) in [5, 5.41) is 2.38. The normalized spacial score (nSPS) is 15.0. The largest absolute Gasteiger partial charge is 0.417 e. The maximum absolute atomic E-state index is 12.9.